The van der Waals surface area contributed by atoms with Gasteiger partial charge in [0.1, 0.15) is 18.2 Å². The van der Waals surface area contributed by atoms with Crippen molar-refractivity contribution in [1.29, 1.82) is 0 Å². The summed E-state index contributed by atoms with van der Waals surface area (Å²) in [6, 6.07) is 4.84. The van der Waals surface area contributed by atoms with Crippen LogP contribution in [-0.4, -0.2) is 32.3 Å². The normalized spacial score (nSPS) is 14.8. The Kier molecular flexibility index (Phi) is 3.94. The van der Waals surface area contributed by atoms with E-state index in [-0.39, 0.29) is 5.82 Å². The Bertz CT molecular complexity index is 765. The van der Waals surface area contributed by atoms with Crippen molar-refractivity contribution in [2.75, 3.05) is 6.67 Å². The molecule has 114 valence electrons. The van der Waals surface area contributed by atoms with E-state index in [9.17, 15) is 4.39 Å². The van der Waals surface area contributed by atoms with Crippen molar-refractivity contribution in [1.82, 2.24) is 19.9 Å². The summed E-state index contributed by atoms with van der Waals surface area (Å²) >= 11 is 6.07. The Hall–Kier alpha value is -2.21. The first-order valence-corrected chi connectivity index (χ1v) is 7.21. The molecule has 5 nitrogen and oxygen atoms in total. The molecule has 1 aromatic carbocycles. The fourth-order valence-electron chi connectivity index (χ4n) is 2.14. The van der Waals surface area contributed by atoms with Gasteiger partial charge in [-0.3, -0.25) is 4.99 Å². The van der Waals surface area contributed by atoms with Crippen LogP contribution < -0.4 is 0 Å². The lowest BCUT2D eigenvalue weighted by atomic mass is 10.2. The van der Waals surface area contributed by atoms with Crippen molar-refractivity contribution in [3.05, 3.63) is 52.7 Å². The highest BCUT2D eigenvalue weighted by Crippen LogP contribution is 2.16. The highest BCUT2D eigenvalue weighted by molar-refractivity contribution is 6.43. The van der Waals surface area contributed by atoms with Gasteiger partial charge in [0.25, 0.3) is 0 Å². The lowest BCUT2D eigenvalue weighted by Crippen LogP contribution is -2.22. The second-order valence-electron chi connectivity index (χ2n) is 5.20. The van der Waals surface area contributed by atoms with Gasteiger partial charge in [-0.05, 0) is 37.6 Å². The van der Waals surface area contributed by atoms with E-state index in [0.717, 1.165) is 17.1 Å². The van der Waals surface area contributed by atoms with E-state index >= 15 is 0 Å². The lowest BCUT2D eigenvalue weighted by Gasteiger charge is -2.21. The molecule has 2 aromatic rings. The summed E-state index contributed by atoms with van der Waals surface area (Å²) in [5.41, 5.74) is 2.98. The summed E-state index contributed by atoms with van der Waals surface area (Å²) in [6.07, 6.45) is 3.67. The number of aryl methyl sites for hydroxylation is 1. The number of aliphatic imine (C=N–C) groups is 1. The first-order valence-electron chi connectivity index (χ1n) is 6.83. The van der Waals surface area contributed by atoms with Crippen LogP contribution in [-0.2, 0) is 6.54 Å². The molecule has 0 bridgehead atoms. The second kappa shape index (κ2) is 5.88. The van der Waals surface area contributed by atoms with E-state index < -0.39 is 0 Å². The predicted octanol–water partition coefficient (Wildman–Crippen LogP) is 3.03. The summed E-state index contributed by atoms with van der Waals surface area (Å²) in [6.45, 7) is 4.71. The van der Waals surface area contributed by atoms with Crippen LogP contribution in [0.3, 0.4) is 0 Å². The van der Waals surface area contributed by atoms with Gasteiger partial charge in [-0.25, -0.2) is 9.07 Å². The lowest BCUT2D eigenvalue weighted by molar-refractivity contribution is 0.372. The molecule has 0 aliphatic carbocycles. The SMILES string of the molecule is CC1=NCN(Cc2cn(-c3ccc(F)c(C)c3)nn2)C=C1Cl. The van der Waals surface area contributed by atoms with E-state index in [2.05, 4.69) is 15.3 Å². The molecule has 1 aliphatic heterocycles. The number of allylic oxidation sites excluding steroid dienone is 1. The van der Waals surface area contributed by atoms with Crippen LogP contribution in [0.2, 0.25) is 0 Å². The van der Waals surface area contributed by atoms with Crippen LogP contribution in [0.15, 0.2) is 40.6 Å². The Labute approximate surface area is 132 Å². The van der Waals surface area contributed by atoms with Crippen LogP contribution in [0.4, 0.5) is 4.39 Å². The molecule has 0 unspecified atom stereocenters. The molecule has 0 atom stereocenters. The Morgan fingerprint density at radius 1 is 1.32 bits per heavy atom. The molecule has 7 heteroatoms. The van der Waals surface area contributed by atoms with Crippen LogP contribution in [0.5, 0.6) is 0 Å². The van der Waals surface area contributed by atoms with E-state index in [1.54, 1.807) is 23.7 Å². The van der Waals surface area contributed by atoms with Gasteiger partial charge in [0, 0.05) is 6.20 Å². The third-order valence-corrected chi connectivity index (χ3v) is 3.81. The minimum absolute atomic E-state index is 0.231. The molecule has 0 amide bonds. The second-order valence-corrected chi connectivity index (χ2v) is 5.60. The average molecular weight is 320 g/mol. The van der Waals surface area contributed by atoms with Gasteiger partial charge in [0.05, 0.1) is 29.2 Å². The molecule has 1 aliphatic rings. The maximum absolute atomic E-state index is 13.3. The minimum atomic E-state index is -0.231. The summed E-state index contributed by atoms with van der Waals surface area (Å²) in [5, 5.41) is 8.86. The summed E-state index contributed by atoms with van der Waals surface area (Å²) < 4.78 is 14.9. The predicted molar refractivity (Wildman–Crippen MR) is 83.5 cm³/mol. The number of hydrogen-bond donors (Lipinski definition) is 0. The monoisotopic (exact) mass is 319 g/mol. The molecule has 22 heavy (non-hydrogen) atoms. The number of rotatable bonds is 3. The van der Waals surface area contributed by atoms with Crippen LogP contribution in [0, 0.1) is 12.7 Å². The summed E-state index contributed by atoms with van der Waals surface area (Å²) in [4.78, 5) is 6.28. The van der Waals surface area contributed by atoms with Crippen molar-refractivity contribution in [3.8, 4) is 5.69 Å². The van der Waals surface area contributed by atoms with Crippen LogP contribution in [0.1, 0.15) is 18.2 Å². The standard InChI is InChI=1S/C15H15ClFN5/c1-10-5-13(3-4-15(10)17)22-7-12(19-20-22)6-21-8-14(16)11(2)18-9-21/h3-5,7-8H,6,9H2,1-2H3. The third kappa shape index (κ3) is 3.01. The summed E-state index contributed by atoms with van der Waals surface area (Å²) in [5.74, 6) is -0.231. The van der Waals surface area contributed by atoms with Gasteiger partial charge in [-0.1, -0.05) is 16.8 Å². The van der Waals surface area contributed by atoms with Crippen molar-refractivity contribution in [2.24, 2.45) is 4.99 Å². The maximum atomic E-state index is 13.3. The molecule has 0 spiro atoms. The number of benzene rings is 1. The highest BCUT2D eigenvalue weighted by atomic mass is 35.5. The topological polar surface area (TPSA) is 46.3 Å². The average Bonchev–Trinajstić information content (AvgIpc) is 2.94. The number of aromatic nitrogens is 3. The Morgan fingerprint density at radius 3 is 2.86 bits per heavy atom. The van der Waals surface area contributed by atoms with Crippen molar-refractivity contribution < 1.29 is 4.39 Å². The van der Waals surface area contributed by atoms with Gasteiger partial charge < -0.3 is 4.90 Å². The van der Waals surface area contributed by atoms with Gasteiger partial charge in [0.2, 0.25) is 0 Å². The Balaban J connectivity index is 1.76. The molecule has 1 aromatic heterocycles. The third-order valence-electron chi connectivity index (χ3n) is 3.44. The van der Waals surface area contributed by atoms with E-state index in [1.165, 1.54) is 6.07 Å². The van der Waals surface area contributed by atoms with Crippen LogP contribution in [0.25, 0.3) is 5.69 Å². The van der Waals surface area contributed by atoms with Gasteiger partial charge in [-0.2, -0.15) is 0 Å². The Morgan fingerprint density at radius 2 is 2.14 bits per heavy atom. The molecule has 0 fully saturated rings. The van der Waals surface area contributed by atoms with E-state index in [4.69, 9.17) is 11.6 Å². The maximum Gasteiger partial charge on any atom is 0.126 e. The van der Waals surface area contributed by atoms with Gasteiger partial charge in [0.15, 0.2) is 0 Å². The van der Waals surface area contributed by atoms with Crippen molar-refractivity contribution in [2.45, 2.75) is 20.4 Å². The molecule has 2 heterocycles. The number of hydrogen-bond acceptors (Lipinski definition) is 4. The first-order chi connectivity index (χ1) is 10.5. The first kappa shape index (κ1) is 14.7. The molecule has 0 saturated heterocycles. The van der Waals surface area contributed by atoms with Gasteiger partial charge >= 0.3 is 0 Å². The number of halogens is 2. The molecular formula is C15H15ClFN5. The van der Waals surface area contributed by atoms with Crippen molar-refractivity contribution >= 4 is 17.3 Å². The molecule has 3 rings (SSSR count). The van der Waals surface area contributed by atoms with Gasteiger partial charge in [-0.15, -0.1) is 5.10 Å². The van der Waals surface area contributed by atoms with E-state index in [0.29, 0.717) is 23.8 Å². The highest BCUT2D eigenvalue weighted by Gasteiger charge is 2.12. The molecule has 0 radical (unpaired) electrons. The summed E-state index contributed by atoms with van der Waals surface area (Å²) in [7, 11) is 0. The van der Waals surface area contributed by atoms with Crippen molar-refractivity contribution in [3.63, 3.8) is 0 Å². The molecule has 0 N–H and O–H groups in total. The fraction of sp³-hybridized carbons (Fsp3) is 0.267. The zero-order valence-electron chi connectivity index (χ0n) is 12.3. The quantitative estimate of drug-likeness (QED) is 0.873. The fourth-order valence-corrected chi connectivity index (χ4v) is 2.34. The smallest absolute Gasteiger partial charge is 0.126 e. The van der Waals surface area contributed by atoms with E-state index in [1.807, 2.05) is 24.2 Å². The molecular weight excluding hydrogens is 305 g/mol. The molecule has 0 saturated carbocycles. The zero-order valence-corrected chi connectivity index (χ0v) is 13.0. The largest absolute Gasteiger partial charge is 0.351 e. The number of nitrogens with zero attached hydrogens (tertiary/aromatic N) is 5. The minimum Gasteiger partial charge on any atom is -0.351 e. The van der Waals surface area contributed by atoms with Crippen LogP contribution >= 0.6 is 11.6 Å². The zero-order chi connectivity index (χ0) is 15.7.